The van der Waals surface area contributed by atoms with Gasteiger partial charge in [0, 0.05) is 43.1 Å². The predicted octanol–water partition coefficient (Wildman–Crippen LogP) is 5.01. The number of aromatic nitrogens is 2. The van der Waals surface area contributed by atoms with Gasteiger partial charge < -0.3 is 14.5 Å². The summed E-state index contributed by atoms with van der Waals surface area (Å²) in [6.45, 7) is 9.59. The zero-order valence-corrected chi connectivity index (χ0v) is 31.0. The number of rotatable bonds is 2. The van der Waals surface area contributed by atoms with Gasteiger partial charge in [0.2, 0.25) is 0 Å². The van der Waals surface area contributed by atoms with Crippen LogP contribution in [-0.2, 0) is 24.7 Å². The van der Waals surface area contributed by atoms with Crippen molar-refractivity contribution < 1.29 is 24.7 Å². The van der Waals surface area contributed by atoms with Crippen LogP contribution < -0.4 is 36.7 Å². The van der Waals surface area contributed by atoms with E-state index >= 15 is 4.57 Å². The first-order valence-electron chi connectivity index (χ1n) is 15.0. The summed E-state index contributed by atoms with van der Waals surface area (Å²) >= 11 is 0. The standard InChI is InChI=1S/C27H25NOPSi2.C11H8N.Ir/c1-31(2)23-14-7-5-12-21(23)30(29)22-13-6-8-15-24(22)32(3,4)26-18-19(17-25(31)27(26)30)20-11-9-10-16-28-20;1-2-6-10(7-3-1)11-8-4-5-9-12-11;/h5-17H,1-4H3;1-6,8-9H;/q2*-1;. The summed E-state index contributed by atoms with van der Waals surface area (Å²) in [5.74, 6) is 0. The van der Waals surface area contributed by atoms with Crippen molar-refractivity contribution in [3.8, 4) is 22.5 Å². The van der Waals surface area contributed by atoms with Crippen molar-refractivity contribution in [3.63, 3.8) is 0 Å². The first-order valence-corrected chi connectivity index (χ1v) is 22.7. The van der Waals surface area contributed by atoms with Crippen molar-refractivity contribution in [3.05, 3.63) is 140 Å². The molecule has 0 saturated heterocycles. The topological polar surface area (TPSA) is 42.9 Å². The quantitative estimate of drug-likeness (QED) is 0.141. The first-order chi connectivity index (χ1) is 21.2. The molecule has 2 aliphatic heterocycles. The molecule has 45 heavy (non-hydrogen) atoms. The third-order valence-corrected chi connectivity index (χ3v) is 20.1. The zero-order valence-electron chi connectivity index (χ0n) is 25.7. The molecule has 4 heterocycles. The Morgan fingerprint density at radius 1 is 0.600 bits per heavy atom. The van der Waals surface area contributed by atoms with Crippen LogP contribution in [0.3, 0.4) is 0 Å². The molecular weight excluding hydrogens is 780 g/mol. The maximum absolute atomic E-state index is 15.4. The Kier molecular flexibility index (Phi) is 8.41. The van der Waals surface area contributed by atoms with Crippen LogP contribution in [0.1, 0.15) is 0 Å². The summed E-state index contributed by atoms with van der Waals surface area (Å²) in [5.41, 5.74) is 3.98. The van der Waals surface area contributed by atoms with Gasteiger partial charge >= 0.3 is 0 Å². The molecule has 4 aromatic carbocycles. The molecule has 0 N–H and O–H groups in total. The average molecular weight is 813 g/mol. The Bertz CT molecular complexity index is 1930. The Morgan fingerprint density at radius 2 is 1.13 bits per heavy atom. The SMILES string of the molecule is C[Si]1(C)c2[c-]c(-c3ccccn3)cc3c2P(=O)(c2ccccc21)c1ccccc1[Si]3(C)C.[Ir].[c-]1ccccc1-c1ccccn1. The normalized spacial score (nSPS) is 17.7. The first kappa shape index (κ1) is 31.5. The molecule has 7 heteroatoms. The van der Waals surface area contributed by atoms with Gasteiger partial charge in [0.25, 0.3) is 0 Å². The van der Waals surface area contributed by atoms with E-state index in [-0.39, 0.29) is 20.1 Å². The van der Waals surface area contributed by atoms with Gasteiger partial charge in [-0.05, 0) is 33.9 Å². The van der Waals surface area contributed by atoms with Gasteiger partial charge in [0.1, 0.15) is 7.14 Å². The third-order valence-electron chi connectivity index (χ3n) is 9.08. The van der Waals surface area contributed by atoms with Crippen molar-refractivity contribution in [1.29, 1.82) is 0 Å². The molecule has 0 aliphatic carbocycles. The van der Waals surface area contributed by atoms with Gasteiger partial charge in [-0.2, -0.15) is 0 Å². The van der Waals surface area contributed by atoms with E-state index in [9.17, 15) is 0 Å². The number of nitrogens with zero attached hydrogens (tertiary/aromatic N) is 2. The minimum absolute atomic E-state index is 0. The minimum Gasteiger partial charge on any atom is -0.319 e. The average Bonchev–Trinajstić information content (AvgIpc) is 3.08. The summed E-state index contributed by atoms with van der Waals surface area (Å²) in [4.78, 5) is 8.86. The van der Waals surface area contributed by atoms with E-state index in [4.69, 9.17) is 0 Å². The maximum atomic E-state index is 15.4. The van der Waals surface area contributed by atoms with Crippen molar-refractivity contribution in [2.24, 2.45) is 0 Å². The van der Waals surface area contributed by atoms with Gasteiger partial charge in [0.15, 0.2) is 0 Å². The van der Waals surface area contributed by atoms with Crippen LogP contribution >= 0.6 is 7.14 Å². The molecule has 1 unspecified atom stereocenters. The summed E-state index contributed by atoms with van der Waals surface area (Å²) < 4.78 is 15.4. The number of hydrogen-bond donors (Lipinski definition) is 0. The largest absolute Gasteiger partial charge is 0.319 e. The van der Waals surface area contributed by atoms with Gasteiger partial charge in [-0.3, -0.25) is 0 Å². The van der Waals surface area contributed by atoms with Gasteiger partial charge in [-0.15, -0.1) is 64.0 Å². The van der Waals surface area contributed by atoms with Crippen LogP contribution in [0.2, 0.25) is 26.2 Å². The van der Waals surface area contributed by atoms with Crippen LogP contribution in [0.5, 0.6) is 0 Å². The molecule has 3 nitrogen and oxygen atoms in total. The second-order valence-corrected chi connectivity index (χ2v) is 23.7. The predicted molar refractivity (Wildman–Crippen MR) is 190 cm³/mol. The van der Waals surface area contributed by atoms with E-state index in [0.29, 0.717) is 0 Å². The summed E-state index contributed by atoms with van der Waals surface area (Å²) in [6, 6.07) is 45.9. The van der Waals surface area contributed by atoms with Gasteiger partial charge in [0.05, 0.1) is 16.1 Å². The van der Waals surface area contributed by atoms with E-state index in [2.05, 4.69) is 109 Å². The van der Waals surface area contributed by atoms with E-state index < -0.39 is 23.3 Å². The summed E-state index contributed by atoms with van der Waals surface area (Å²) in [7, 11) is -7.16. The van der Waals surface area contributed by atoms with E-state index in [1.54, 1.807) is 6.20 Å². The molecule has 225 valence electrons. The maximum Gasteiger partial charge on any atom is 0.134 e. The number of fused-ring (bicyclic) bond motifs is 4. The summed E-state index contributed by atoms with van der Waals surface area (Å²) in [5, 5.41) is 8.34. The molecule has 1 atom stereocenters. The smallest absolute Gasteiger partial charge is 0.134 e. The number of hydrogen-bond acceptors (Lipinski definition) is 3. The minimum atomic E-state index is -2.97. The molecular formula is C38H33IrN2OPSi2-2. The Labute approximate surface area is 281 Å². The fraction of sp³-hybridized carbons (Fsp3) is 0.105. The Hall–Kier alpha value is -3.51. The molecule has 8 rings (SSSR count). The molecule has 2 aromatic heterocycles. The van der Waals surface area contributed by atoms with Crippen LogP contribution in [0.25, 0.3) is 22.5 Å². The molecule has 0 saturated carbocycles. The van der Waals surface area contributed by atoms with Crippen molar-refractivity contribution >= 4 is 60.0 Å². The van der Waals surface area contributed by atoms with Crippen molar-refractivity contribution in [1.82, 2.24) is 9.97 Å². The van der Waals surface area contributed by atoms with E-state index in [1.165, 1.54) is 20.7 Å². The van der Waals surface area contributed by atoms with Crippen LogP contribution in [0, 0.1) is 12.1 Å². The molecule has 1 radical (unpaired) electrons. The van der Waals surface area contributed by atoms with Gasteiger partial charge in [-0.1, -0.05) is 104 Å². The Morgan fingerprint density at radius 3 is 1.69 bits per heavy atom. The van der Waals surface area contributed by atoms with Crippen LogP contribution in [-0.4, -0.2) is 26.1 Å². The van der Waals surface area contributed by atoms with E-state index in [0.717, 1.165) is 38.4 Å². The molecule has 0 bridgehead atoms. The fourth-order valence-electron chi connectivity index (χ4n) is 6.77. The Balaban J connectivity index is 0.000000231. The summed E-state index contributed by atoms with van der Waals surface area (Å²) in [6.07, 6.45) is 3.63. The second-order valence-electron chi connectivity index (χ2n) is 12.4. The third kappa shape index (κ3) is 5.10. The fourth-order valence-corrected chi connectivity index (χ4v) is 20.5. The second kappa shape index (κ2) is 12.0. The number of pyridine rings is 2. The molecule has 0 spiro atoms. The zero-order chi connectivity index (χ0) is 30.5. The monoisotopic (exact) mass is 813 g/mol. The number of benzene rings is 4. The van der Waals surface area contributed by atoms with E-state index in [1.807, 2.05) is 60.8 Å². The van der Waals surface area contributed by atoms with Gasteiger partial charge in [-0.25, -0.2) is 0 Å². The van der Waals surface area contributed by atoms with Crippen LogP contribution in [0.15, 0.2) is 128 Å². The molecule has 0 fully saturated rings. The molecule has 0 amide bonds. The molecule has 2 aliphatic rings. The van der Waals surface area contributed by atoms with Crippen molar-refractivity contribution in [2.45, 2.75) is 26.2 Å². The molecule has 6 aromatic rings. The van der Waals surface area contributed by atoms with Crippen LogP contribution in [0.4, 0.5) is 0 Å². The van der Waals surface area contributed by atoms with Crippen molar-refractivity contribution in [2.75, 3.05) is 0 Å².